The number of nitrogens with one attached hydrogen (secondary N) is 2. The molecule has 0 aliphatic heterocycles. The Bertz CT molecular complexity index is 666. The topological polar surface area (TPSA) is 78.6 Å². The first kappa shape index (κ1) is 8.90. The Kier molecular flexibility index (Phi) is 1.86. The minimum absolute atomic E-state index is 0.169. The summed E-state index contributed by atoms with van der Waals surface area (Å²) < 4.78 is 6.99. The summed E-state index contributed by atoms with van der Waals surface area (Å²) >= 11 is 0. The van der Waals surface area contributed by atoms with Gasteiger partial charge in [0.05, 0.1) is 12.6 Å². The number of nitrogens with zero attached hydrogens (tertiary/aromatic N) is 2. The van der Waals surface area contributed by atoms with Gasteiger partial charge in [-0.1, -0.05) is 0 Å². The summed E-state index contributed by atoms with van der Waals surface area (Å²) in [5.74, 6) is 0.786. The van der Waals surface area contributed by atoms with Crippen LogP contribution in [0.4, 0.5) is 0 Å². The molecule has 0 bridgehead atoms. The zero-order valence-electron chi connectivity index (χ0n) is 8.30. The number of hydrogen-bond acceptors (Lipinski definition) is 3. The number of hydrogen-bond donors (Lipinski definition) is 2. The molecule has 0 unspecified atom stereocenters. The maximum Gasteiger partial charge on any atom is 0.302 e. The molecule has 0 saturated carbocycles. The number of H-pyrrole nitrogens is 2. The molecule has 0 aromatic carbocycles. The van der Waals surface area contributed by atoms with Gasteiger partial charge in [-0.3, -0.25) is 4.79 Å². The van der Waals surface area contributed by atoms with Gasteiger partial charge in [-0.25, -0.2) is 9.55 Å². The molecular weight excluding hydrogens is 208 g/mol. The normalized spacial score (nSPS) is 11.0. The first-order valence-corrected chi connectivity index (χ1v) is 4.81. The zero-order chi connectivity index (χ0) is 11.0. The van der Waals surface area contributed by atoms with Crippen LogP contribution in [0.1, 0.15) is 5.76 Å². The van der Waals surface area contributed by atoms with Crippen LogP contribution in [0.25, 0.3) is 11.2 Å². The first-order valence-electron chi connectivity index (χ1n) is 4.81. The van der Waals surface area contributed by atoms with E-state index in [0.29, 0.717) is 17.7 Å². The van der Waals surface area contributed by atoms with Gasteiger partial charge in [0, 0.05) is 0 Å². The van der Waals surface area contributed by atoms with Gasteiger partial charge in [0.2, 0.25) is 6.33 Å². The SMILES string of the molecule is O=c1[nH]cnc2[nH]c[n+](Cc3ccco3)c12. The number of furan rings is 1. The van der Waals surface area contributed by atoms with Crippen molar-refractivity contribution in [2.45, 2.75) is 6.54 Å². The average molecular weight is 217 g/mol. The van der Waals surface area contributed by atoms with E-state index < -0.39 is 0 Å². The maximum atomic E-state index is 11.6. The van der Waals surface area contributed by atoms with Crippen LogP contribution in [0.15, 0.2) is 40.3 Å². The van der Waals surface area contributed by atoms with Crippen LogP contribution < -0.4 is 10.1 Å². The molecule has 0 fully saturated rings. The summed E-state index contributed by atoms with van der Waals surface area (Å²) in [5, 5.41) is 0. The number of imidazole rings is 1. The molecule has 80 valence electrons. The van der Waals surface area contributed by atoms with Crippen molar-refractivity contribution >= 4 is 11.2 Å². The van der Waals surface area contributed by atoms with Crippen molar-refractivity contribution in [2.75, 3.05) is 0 Å². The largest absolute Gasteiger partial charge is 0.465 e. The smallest absolute Gasteiger partial charge is 0.302 e. The molecule has 2 N–H and O–H groups in total. The van der Waals surface area contributed by atoms with Crippen molar-refractivity contribution in [1.29, 1.82) is 0 Å². The van der Waals surface area contributed by atoms with Crippen LogP contribution in [0.5, 0.6) is 0 Å². The number of rotatable bonds is 2. The highest BCUT2D eigenvalue weighted by Gasteiger charge is 2.15. The highest BCUT2D eigenvalue weighted by atomic mass is 16.3. The van der Waals surface area contributed by atoms with Gasteiger partial charge < -0.3 is 9.40 Å². The van der Waals surface area contributed by atoms with Gasteiger partial charge in [0.15, 0.2) is 0 Å². The van der Waals surface area contributed by atoms with Crippen molar-refractivity contribution in [3.8, 4) is 0 Å². The van der Waals surface area contributed by atoms with Crippen LogP contribution in [-0.2, 0) is 6.54 Å². The van der Waals surface area contributed by atoms with Crippen LogP contribution in [-0.4, -0.2) is 15.0 Å². The third-order valence-corrected chi connectivity index (χ3v) is 2.38. The Hall–Kier alpha value is -2.37. The molecule has 3 aromatic rings. The predicted octanol–water partition coefficient (Wildman–Crippen LogP) is 0.180. The van der Waals surface area contributed by atoms with Crippen LogP contribution >= 0.6 is 0 Å². The summed E-state index contributed by atoms with van der Waals surface area (Å²) in [5.41, 5.74) is 0.909. The Morgan fingerprint density at radius 2 is 2.38 bits per heavy atom. The van der Waals surface area contributed by atoms with Gasteiger partial charge in [-0.15, -0.1) is 0 Å². The maximum absolute atomic E-state index is 11.6. The highest BCUT2D eigenvalue weighted by Crippen LogP contribution is 2.01. The monoisotopic (exact) mass is 217 g/mol. The minimum Gasteiger partial charge on any atom is -0.465 e. The molecule has 3 heterocycles. The van der Waals surface area contributed by atoms with E-state index >= 15 is 0 Å². The lowest BCUT2D eigenvalue weighted by Gasteiger charge is -1.92. The minimum atomic E-state index is -0.169. The van der Waals surface area contributed by atoms with Gasteiger partial charge >= 0.3 is 5.56 Å². The lowest BCUT2D eigenvalue weighted by Crippen LogP contribution is -2.36. The van der Waals surface area contributed by atoms with Gasteiger partial charge in [-0.05, 0) is 12.1 Å². The average Bonchev–Trinajstić information content (AvgIpc) is 2.90. The van der Waals surface area contributed by atoms with Gasteiger partial charge in [0.1, 0.15) is 12.3 Å². The molecule has 0 atom stereocenters. The molecule has 0 aliphatic rings. The quantitative estimate of drug-likeness (QED) is 0.601. The third kappa shape index (κ3) is 1.31. The molecule has 0 radical (unpaired) electrons. The lowest BCUT2D eigenvalue weighted by molar-refractivity contribution is -0.664. The Morgan fingerprint density at radius 1 is 1.44 bits per heavy atom. The Labute approximate surface area is 89.6 Å². The molecule has 0 saturated heterocycles. The molecule has 0 amide bonds. The summed E-state index contributed by atoms with van der Waals surface area (Å²) in [7, 11) is 0. The molecule has 0 aliphatic carbocycles. The van der Waals surface area contributed by atoms with Crippen molar-refractivity contribution < 1.29 is 8.98 Å². The number of fused-ring (bicyclic) bond motifs is 1. The summed E-state index contributed by atoms with van der Waals surface area (Å²) in [4.78, 5) is 21.1. The fraction of sp³-hybridized carbons (Fsp3) is 0.100. The zero-order valence-corrected chi connectivity index (χ0v) is 8.30. The lowest BCUT2D eigenvalue weighted by atomic mass is 10.4. The van der Waals surface area contributed by atoms with Gasteiger partial charge in [0.25, 0.3) is 11.2 Å². The second-order valence-corrected chi connectivity index (χ2v) is 3.41. The molecule has 3 rings (SSSR count). The van der Waals surface area contributed by atoms with E-state index in [-0.39, 0.29) is 5.56 Å². The second kappa shape index (κ2) is 3.34. The third-order valence-electron chi connectivity index (χ3n) is 2.38. The van der Waals surface area contributed by atoms with Crippen molar-refractivity contribution in [3.05, 3.63) is 47.2 Å². The molecule has 6 nitrogen and oxygen atoms in total. The Balaban J connectivity index is 2.14. The van der Waals surface area contributed by atoms with Crippen molar-refractivity contribution in [1.82, 2.24) is 15.0 Å². The Morgan fingerprint density at radius 3 is 3.19 bits per heavy atom. The molecule has 3 aromatic heterocycles. The predicted molar refractivity (Wildman–Crippen MR) is 54.7 cm³/mol. The van der Waals surface area contributed by atoms with Gasteiger partial charge in [-0.2, -0.15) is 4.98 Å². The van der Waals surface area contributed by atoms with E-state index in [2.05, 4.69) is 15.0 Å². The molecule has 0 spiro atoms. The first-order chi connectivity index (χ1) is 7.84. The fourth-order valence-corrected chi connectivity index (χ4v) is 1.66. The van der Waals surface area contributed by atoms with Crippen molar-refractivity contribution in [2.24, 2.45) is 0 Å². The van der Waals surface area contributed by atoms with Crippen molar-refractivity contribution in [3.63, 3.8) is 0 Å². The van der Waals surface area contributed by atoms with E-state index in [1.165, 1.54) is 6.33 Å². The fourth-order valence-electron chi connectivity index (χ4n) is 1.66. The van der Waals surface area contributed by atoms with E-state index in [4.69, 9.17) is 4.42 Å². The molecule has 6 heteroatoms. The molecule has 16 heavy (non-hydrogen) atoms. The summed E-state index contributed by atoms with van der Waals surface area (Å²) in [6.07, 6.45) is 4.68. The second-order valence-electron chi connectivity index (χ2n) is 3.41. The summed E-state index contributed by atoms with van der Waals surface area (Å²) in [6.45, 7) is 0.502. The van der Waals surface area contributed by atoms with E-state index in [1.54, 1.807) is 17.2 Å². The highest BCUT2D eigenvalue weighted by molar-refractivity contribution is 5.63. The van der Waals surface area contributed by atoms with Crippen LogP contribution in [0, 0.1) is 0 Å². The van der Waals surface area contributed by atoms with E-state index in [1.807, 2.05) is 12.1 Å². The van der Waals surface area contributed by atoms with Crippen LogP contribution in [0.3, 0.4) is 0 Å². The van der Waals surface area contributed by atoms with Crippen LogP contribution in [0.2, 0.25) is 0 Å². The van der Waals surface area contributed by atoms with E-state index in [9.17, 15) is 4.79 Å². The summed E-state index contributed by atoms with van der Waals surface area (Å²) in [6, 6.07) is 3.67. The standard InChI is InChI=1S/C10H8N4O2/c15-10-8-9(11-5-12-10)13-6-14(8)4-7-2-1-3-16-7/h1-3,5-6H,4H2,(H,11,12,15)/p+1. The molecular formula is C10H9N4O2+. The number of aromatic nitrogens is 4. The van der Waals surface area contributed by atoms with E-state index in [0.717, 1.165) is 5.76 Å². The number of aromatic amines is 2.